The standard InChI is InChI=1S/C19H22N4O3/c1-23(2)12-17(24)13-26-18-9-7-16(8-10-18)22-19(25)21-15-5-3-14(11-20)4-6-15/h3-10,17,24H,12-13H2,1-2H3,(H2,21,22,25)/t17-/m0/s1. The fourth-order valence-electron chi connectivity index (χ4n) is 2.22. The molecule has 136 valence electrons. The van der Waals surface area contributed by atoms with E-state index in [1.807, 2.05) is 25.1 Å². The van der Waals surface area contributed by atoms with Crippen LogP contribution in [-0.4, -0.2) is 49.4 Å². The number of benzene rings is 2. The summed E-state index contributed by atoms with van der Waals surface area (Å²) in [4.78, 5) is 13.9. The summed E-state index contributed by atoms with van der Waals surface area (Å²) >= 11 is 0. The molecule has 2 rings (SSSR count). The molecular formula is C19H22N4O3. The number of carbonyl (C=O) groups is 1. The monoisotopic (exact) mass is 354 g/mol. The first-order chi connectivity index (χ1) is 12.5. The van der Waals surface area contributed by atoms with Gasteiger partial charge in [0.15, 0.2) is 0 Å². The number of aliphatic hydroxyl groups excluding tert-OH is 1. The van der Waals surface area contributed by atoms with Gasteiger partial charge in [0.2, 0.25) is 0 Å². The van der Waals surface area contributed by atoms with E-state index in [-0.39, 0.29) is 12.6 Å². The lowest BCUT2D eigenvalue weighted by molar-refractivity contribution is 0.0831. The molecule has 0 bridgehead atoms. The van der Waals surface area contributed by atoms with Crippen molar-refractivity contribution in [3.63, 3.8) is 0 Å². The van der Waals surface area contributed by atoms with E-state index in [0.29, 0.717) is 29.2 Å². The number of nitrogens with zero attached hydrogens (tertiary/aromatic N) is 2. The normalized spacial score (nSPS) is 11.5. The molecule has 0 saturated carbocycles. The van der Waals surface area contributed by atoms with Crippen molar-refractivity contribution >= 4 is 17.4 Å². The molecule has 26 heavy (non-hydrogen) atoms. The zero-order valence-corrected chi connectivity index (χ0v) is 14.8. The molecule has 0 aliphatic rings. The lowest BCUT2D eigenvalue weighted by Gasteiger charge is -2.16. The lowest BCUT2D eigenvalue weighted by atomic mass is 10.2. The minimum absolute atomic E-state index is 0.199. The van der Waals surface area contributed by atoms with Crippen LogP contribution in [0.3, 0.4) is 0 Å². The van der Waals surface area contributed by atoms with E-state index in [1.54, 1.807) is 48.5 Å². The summed E-state index contributed by atoms with van der Waals surface area (Å²) in [5, 5.41) is 23.9. The largest absolute Gasteiger partial charge is 0.491 e. The van der Waals surface area contributed by atoms with Crippen molar-refractivity contribution in [3.05, 3.63) is 54.1 Å². The number of urea groups is 1. The van der Waals surface area contributed by atoms with Gasteiger partial charge in [-0.15, -0.1) is 0 Å². The zero-order valence-electron chi connectivity index (χ0n) is 14.8. The van der Waals surface area contributed by atoms with Crippen LogP contribution in [0.15, 0.2) is 48.5 Å². The third-order valence-corrected chi connectivity index (χ3v) is 3.40. The maximum atomic E-state index is 12.0. The van der Waals surface area contributed by atoms with Crippen LogP contribution in [0.5, 0.6) is 5.75 Å². The number of rotatable bonds is 7. The molecule has 3 N–H and O–H groups in total. The highest BCUT2D eigenvalue weighted by Gasteiger charge is 2.07. The number of hydrogen-bond acceptors (Lipinski definition) is 5. The molecule has 0 heterocycles. The first-order valence-corrected chi connectivity index (χ1v) is 8.10. The highest BCUT2D eigenvalue weighted by Crippen LogP contribution is 2.16. The van der Waals surface area contributed by atoms with Crippen LogP contribution in [0.25, 0.3) is 0 Å². The van der Waals surface area contributed by atoms with Gasteiger partial charge in [0.05, 0.1) is 11.6 Å². The van der Waals surface area contributed by atoms with Crippen molar-refractivity contribution in [1.29, 1.82) is 5.26 Å². The first kappa shape index (κ1) is 19.2. The smallest absolute Gasteiger partial charge is 0.323 e. The number of anilines is 2. The quantitative estimate of drug-likeness (QED) is 0.710. The lowest BCUT2D eigenvalue weighted by Crippen LogP contribution is -2.30. The number of hydrogen-bond donors (Lipinski definition) is 3. The van der Waals surface area contributed by atoms with Crippen LogP contribution < -0.4 is 15.4 Å². The molecule has 0 aliphatic carbocycles. The van der Waals surface area contributed by atoms with Crippen LogP contribution >= 0.6 is 0 Å². The molecule has 0 radical (unpaired) electrons. The topological polar surface area (TPSA) is 97.6 Å². The van der Waals surface area contributed by atoms with Gasteiger partial charge in [-0.1, -0.05) is 0 Å². The summed E-state index contributed by atoms with van der Waals surface area (Å²) in [6, 6.07) is 15.1. The van der Waals surface area contributed by atoms with Gasteiger partial charge < -0.3 is 25.4 Å². The number of amides is 2. The second-order valence-corrected chi connectivity index (χ2v) is 6.02. The molecule has 0 unspecified atom stereocenters. The van der Waals surface area contributed by atoms with Crippen LogP contribution in [-0.2, 0) is 0 Å². The number of nitrogens with one attached hydrogen (secondary N) is 2. The molecule has 0 spiro atoms. The summed E-state index contributed by atoms with van der Waals surface area (Å²) < 4.78 is 5.51. The van der Waals surface area contributed by atoms with E-state index in [9.17, 15) is 9.90 Å². The fourth-order valence-corrected chi connectivity index (χ4v) is 2.22. The van der Waals surface area contributed by atoms with Crippen molar-refractivity contribution in [1.82, 2.24) is 4.90 Å². The third-order valence-electron chi connectivity index (χ3n) is 3.40. The minimum Gasteiger partial charge on any atom is -0.491 e. The highest BCUT2D eigenvalue weighted by atomic mass is 16.5. The Labute approximate surface area is 152 Å². The Kier molecular flexibility index (Phi) is 6.97. The van der Waals surface area contributed by atoms with Crippen molar-refractivity contribution in [2.45, 2.75) is 6.10 Å². The fraction of sp³-hybridized carbons (Fsp3) is 0.263. The molecule has 7 nitrogen and oxygen atoms in total. The van der Waals surface area contributed by atoms with Crippen molar-refractivity contribution in [3.8, 4) is 11.8 Å². The first-order valence-electron chi connectivity index (χ1n) is 8.10. The van der Waals surface area contributed by atoms with Crippen LogP contribution in [0, 0.1) is 11.3 Å². The Balaban J connectivity index is 1.82. The van der Waals surface area contributed by atoms with Crippen LogP contribution in [0.2, 0.25) is 0 Å². The second-order valence-electron chi connectivity index (χ2n) is 6.02. The number of aliphatic hydroxyl groups is 1. The van der Waals surface area contributed by atoms with Gasteiger partial charge in [0.25, 0.3) is 0 Å². The molecule has 0 saturated heterocycles. The summed E-state index contributed by atoms with van der Waals surface area (Å²) in [6.45, 7) is 0.722. The highest BCUT2D eigenvalue weighted by molar-refractivity contribution is 5.99. The Hall–Kier alpha value is -3.08. The van der Waals surface area contributed by atoms with Gasteiger partial charge in [-0.25, -0.2) is 4.79 Å². The summed E-state index contributed by atoms with van der Waals surface area (Å²) in [5.41, 5.74) is 1.73. The van der Waals surface area contributed by atoms with E-state index in [0.717, 1.165) is 0 Å². The number of likely N-dealkylation sites (N-methyl/N-ethyl adjacent to an activating group) is 1. The van der Waals surface area contributed by atoms with Crippen molar-refractivity contribution < 1.29 is 14.6 Å². The summed E-state index contributed by atoms with van der Waals surface area (Å²) in [7, 11) is 3.76. The third kappa shape index (κ3) is 6.43. The van der Waals surface area contributed by atoms with E-state index in [4.69, 9.17) is 10.00 Å². The predicted octanol–water partition coefficient (Wildman–Crippen LogP) is 2.50. The molecule has 2 aromatic rings. The predicted molar refractivity (Wildman–Crippen MR) is 100 cm³/mol. The van der Waals surface area contributed by atoms with E-state index in [2.05, 4.69) is 10.6 Å². The Morgan fingerprint density at radius 3 is 2.15 bits per heavy atom. The van der Waals surface area contributed by atoms with Gasteiger partial charge >= 0.3 is 6.03 Å². The molecule has 2 aromatic carbocycles. The Morgan fingerprint density at radius 2 is 1.65 bits per heavy atom. The second kappa shape index (κ2) is 9.42. The molecule has 1 atom stereocenters. The number of nitriles is 1. The molecule has 2 amide bonds. The van der Waals surface area contributed by atoms with Crippen LogP contribution in [0.1, 0.15) is 5.56 Å². The van der Waals surface area contributed by atoms with Gasteiger partial charge in [-0.3, -0.25) is 0 Å². The van der Waals surface area contributed by atoms with E-state index >= 15 is 0 Å². The summed E-state index contributed by atoms with van der Waals surface area (Å²) in [6.07, 6.45) is -0.569. The van der Waals surface area contributed by atoms with Gasteiger partial charge in [0.1, 0.15) is 18.5 Å². The Morgan fingerprint density at radius 1 is 1.12 bits per heavy atom. The SMILES string of the molecule is CN(C)C[C@H](O)COc1ccc(NC(=O)Nc2ccc(C#N)cc2)cc1. The van der Waals surface area contributed by atoms with E-state index < -0.39 is 6.10 Å². The average molecular weight is 354 g/mol. The maximum absolute atomic E-state index is 12.0. The molecular weight excluding hydrogens is 332 g/mol. The summed E-state index contributed by atoms with van der Waals surface area (Å²) in [5.74, 6) is 0.612. The number of carbonyl (C=O) groups excluding carboxylic acids is 1. The minimum atomic E-state index is -0.569. The van der Waals surface area contributed by atoms with E-state index in [1.165, 1.54) is 0 Å². The molecule has 0 fully saturated rings. The zero-order chi connectivity index (χ0) is 18.9. The average Bonchev–Trinajstić information content (AvgIpc) is 2.61. The van der Waals surface area contributed by atoms with Crippen molar-refractivity contribution in [2.75, 3.05) is 37.9 Å². The van der Waals surface area contributed by atoms with Crippen molar-refractivity contribution in [2.24, 2.45) is 0 Å². The maximum Gasteiger partial charge on any atom is 0.323 e. The van der Waals surface area contributed by atoms with Gasteiger partial charge in [0, 0.05) is 17.9 Å². The molecule has 7 heteroatoms. The van der Waals surface area contributed by atoms with Gasteiger partial charge in [-0.05, 0) is 62.6 Å². The number of ether oxygens (including phenoxy) is 1. The Bertz CT molecular complexity index is 752. The molecule has 0 aromatic heterocycles. The molecule has 0 aliphatic heterocycles. The van der Waals surface area contributed by atoms with Crippen LogP contribution in [0.4, 0.5) is 16.2 Å². The van der Waals surface area contributed by atoms with Gasteiger partial charge in [-0.2, -0.15) is 5.26 Å².